The Bertz CT molecular complexity index is 461. The van der Waals surface area contributed by atoms with Gasteiger partial charge >= 0.3 is 0 Å². The summed E-state index contributed by atoms with van der Waals surface area (Å²) in [5.41, 5.74) is 1.79. The predicted octanol–water partition coefficient (Wildman–Crippen LogP) is 3.93. The molecule has 0 aliphatic rings. The summed E-state index contributed by atoms with van der Waals surface area (Å²) in [4.78, 5) is 2.23. The normalized spacial score (nSPS) is 12.6. The third-order valence-electron chi connectivity index (χ3n) is 3.16. The van der Waals surface area contributed by atoms with Crippen LogP contribution in [0.3, 0.4) is 0 Å². The molecule has 0 amide bonds. The summed E-state index contributed by atoms with van der Waals surface area (Å²) in [5, 5.41) is 13.7. The van der Waals surface area contributed by atoms with E-state index in [9.17, 15) is 5.11 Å². The number of aliphatic hydroxyl groups is 1. The van der Waals surface area contributed by atoms with E-state index in [0.717, 1.165) is 17.6 Å². The first-order chi connectivity index (χ1) is 9.52. The molecule has 0 spiro atoms. The molecular formula is C17H29BrN2O. The van der Waals surface area contributed by atoms with Crippen LogP contribution in [-0.2, 0) is 6.54 Å². The molecule has 4 heteroatoms. The first-order valence-corrected chi connectivity index (χ1v) is 8.32. The molecule has 0 radical (unpaired) electrons. The number of nitrogens with zero attached hydrogens (tertiary/aromatic N) is 1. The molecule has 0 aliphatic heterocycles. The van der Waals surface area contributed by atoms with Crippen molar-refractivity contribution in [3.05, 3.63) is 28.2 Å². The summed E-state index contributed by atoms with van der Waals surface area (Å²) in [6.45, 7) is 14.6. The highest BCUT2D eigenvalue weighted by Crippen LogP contribution is 2.27. The first kappa shape index (κ1) is 18.5. The summed E-state index contributed by atoms with van der Waals surface area (Å²) in [6, 6.07) is 6.35. The Morgan fingerprint density at radius 2 is 1.81 bits per heavy atom. The van der Waals surface area contributed by atoms with Gasteiger partial charge in [0.15, 0.2) is 0 Å². The second-order valence-corrected chi connectivity index (χ2v) is 8.12. The summed E-state index contributed by atoms with van der Waals surface area (Å²) >= 11 is 3.55. The van der Waals surface area contributed by atoms with E-state index in [1.54, 1.807) is 0 Å². The van der Waals surface area contributed by atoms with Gasteiger partial charge in [-0.3, -0.25) is 0 Å². The molecule has 2 N–H and O–H groups in total. The molecule has 1 rings (SSSR count). The topological polar surface area (TPSA) is 35.5 Å². The zero-order valence-electron chi connectivity index (χ0n) is 14.1. The van der Waals surface area contributed by atoms with E-state index < -0.39 is 5.60 Å². The van der Waals surface area contributed by atoms with Crippen LogP contribution in [0.2, 0.25) is 0 Å². The number of nitrogens with one attached hydrogen (secondary N) is 1. The summed E-state index contributed by atoms with van der Waals surface area (Å²) in [6.07, 6.45) is 0. The summed E-state index contributed by atoms with van der Waals surface area (Å²) in [7, 11) is 0. The van der Waals surface area contributed by atoms with Crippen LogP contribution in [-0.4, -0.2) is 29.3 Å². The third-order valence-corrected chi connectivity index (χ3v) is 3.65. The van der Waals surface area contributed by atoms with Gasteiger partial charge in [-0.25, -0.2) is 0 Å². The van der Waals surface area contributed by atoms with Crippen LogP contribution in [0.5, 0.6) is 0 Å². The lowest BCUT2D eigenvalue weighted by atomic mass is 10.1. The van der Waals surface area contributed by atoms with Crippen molar-refractivity contribution in [2.45, 2.75) is 59.2 Å². The molecule has 0 fully saturated rings. The Labute approximate surface area is 137 Å². The van der Waals surface area contributed by atoms with Crippen LogP contribution in [0.25, 0.3) is 0 Å². The maximum atomic E-state index is 10.1. The molecule has 0 unspecified atom stereocenters. The number of rotatable bonds is 6. The third kappa shape index (κ3) is 6.81. The Hall–Kier alpha value is -0.580. The van der Waals surface area contributed by atoms with Gasteiger partial charge in [0, 0.05) is 35.3 Å². The maximum Gasteiger partial charge on any atom is 0.0765 e. The molecule has 0 saturated carbocycles. The highest BCUT2D eigenvalue weighted by atomic mass is 79.9. The fourth-order valence-electron chi connectivity index (χ4n) is 2.18. The van der Waals surface area contributed by atoms with E-state index in [0.29, 0.717) is 6.54 Å². The first-order valence-electron chi connectivity index (χ1n) is 7.52. The Kier molecular flexibility index (Phi) is 6.26. The minimum Gasteiger partial charge on any atom is -0.389 e. The Morgan fingerprint density at radius 3 is 2.29 bits per heavy atom. The van der Waals surface area contributed by atoms with Crippen LogP contribution in [0.1, 0.15) is 47.1 Å². The van der Waals surface area contributed by atoms with Crippen molar-refractivity contribution in [2.24, 2.45) is 0 Å². The van der Waals surface area contributed by atoms with E-state index >= 15 is 0 Å². The van der Waals surface area contributed by atoms with Crippen molar-refractivity contribution in [1.82, 2.24) is 5.32 Å². The van der Waals surface area contributed by atoms with Crippen molar-refractivity contribution in [1.29, 1.82) is 0 Å². The smallest absolute Gasteiger partial charge is 0.0765 e. The molecule has 3 nitrogen and oxygen atoms in total. The number of hydrogen-bond donors (Lipinski definition) is 2. The van der Waals surface area contributed by atoms with Crippen LogP contribution < -0.4 is 10.2 Å². The molecule has 0 heterocycles. The molecule has 0 bridgehead atoms. The van der Waals surface area contributed by atoms with Gasteiger partial charge in [-0.15, -0.1) is 0 Å². The van der Waals surface area contributed by atoms with Crippen LogP contribution in [0, 0.1) is 0 Å². The maximum absolute atomic E-state index is 10.1. The Balaban J connectivity index is 3.04. The molecule has 0 atom stereocenters. The average molecular weight is 357 g/mol. The van der Waals surface area contributed by atoms with Gasteiger partial charge in [-0.05, 0) is 59.2 Å². The van der Waals surface area contributed by atoms with Crippen molar-refractivity contribution >= 4 is 21.6 Å². The number of likely N-dealkylation sites (N-methyl/N-ethyl adjacent to an activating group) is 1. The molecule has 1 aromatic carbocycles. The fraction of sp³-hybridized carbons (Fsp3) is 0.647. The number of anilines is 1. The lowest BCUT2D eigenvalue weighted by molar-refractivity contribution is 0.0875. The number of halogens is 1. The van der Waals surface area contributed by atoms with Crippen molar-refractivity contribution < 1.29 is 5.11 Å². The van der Waals surface area contributed by atoms with Crippen LogP contribution in [0.4, 0.5) is 5.69 Å². The summed E-state index contributed by atoms with van der Waals surface area (Å²) in [5.74, 6) is 0. The van der Waals surface area contributed by atoms with Crippen LogP contribution >= 0.6 is 15.9 Å². The number of benzene rings is 1. The zero-order valence-corrected chi connectivity index (χ0v) is 15.7. The predicted molar refractivity (Wildman–Crippen MR) is 94.9 cm³/mol. The fourth-order valence-corrected chi connectivity index (χ4v) is 2.52. The van der Waals surface area contributed by atoms with Gasteiger partial charge in [-0.1, -0.05) is 22.0 Å². The van der Waals surface area contributed by atoms with E-state index in [2.05, 4.69) is 72.0 Å². The SMILES string of the molecule is CCN(CC(C)(C)O)c1cc(Br)ccc1CNC(C)(C)C. The van der Waals surface area contributed by atoms with Gasteiger partial charge < -0.3 is 15.3 Å². The van der Waals surface area contributed by atoms with Gasteiger partial charge in [0.2, 0.25) is 0 Å². The van der Waals surface area contributed by atoms with E-state index in [1.807, 2.05) is 13.8 Å². The van der Waals surface area contributed by atoms with E-state index in [-0.39, 0.29) is 5.54 Å². The monoisotopic (exact) mass is 356 g/mol. The van der Waals surface area contributed by atoms with Gasteiger partial charge in [0.25, 0.3) is 0 Å². The molecule has 21 heavy (non-hydrogen) atoms. The standard InChI is InChI=1S/C17H29BrN2O/c1-7-20(12-17(5,6)21)15-10-14(18)9-8-13(15)11-19-16(2,3)4/h8-10,19,21H,7,11-12H2,1-6H3. The Morgan fingerprint density at radius 1 is 1.19 bits per heavy atom. The molecule has 0 saturated heterocycles. The average Bonchev–Trinajstić information content (AvgIpc) is 2.32. The summed E-state index contributed by atoms with van der Waals surface area (Å²) < 4.78 is 1.06. The van der Waals surface area contributed by atoms with Crippen molar-refractivity contribution in [3.8, 4) is 0 Å². The quantitative estimate of drug-likeness (QED) is 0.810. The van der Waals surface area contributed by atoms with E-state index in [1.165, 1.54) is 11.3 Å². The second kappa shape index (κ2) is 7.12. The van der Waals surface area contributed by atoms with E-state index in [4.69, 9.17) is 0 Å². The number of hydrogen-bond acceptors (Lipinski definition) is 3. The minimum absolute atomic E-state index is 0.0810. The van der Waals surface area contributed by atoms with Gasteiger partial charge in [0.05, 0.1) is 5.60 Å². The van der Waals surface area contributed by atoms with Gasteiger partial charge in [-0.2, -0.15) is 0 Å². The lowest BCUT2D eigenvalue weighted by Crippen LogP contribution is -2.40. The largest absolute Gasteiger partial charge is 0.389 e. The van der Waals surface area contributed by atoms with Crippen molar-refractivity contribution in [2.75, 3.05) is 18.0 Å². The zero-order chi connectivity index (χ0) is 16.3. The molecule has 0 aromatic heterocycles. The second-order valence-electron chi connectivity index (χ2n) is 7.20. The molecular weight excluding hydrogens is 328 g/mol. The highest BCUT2D eigenvalue weighted by molar-refractivity contribution is 9.10. The molecule has 120 valence electrons. The highest BCUT2D eigenvalue weighted by Gasteiger charge is 2.20. The van der Waals surface area contributed by atoms with Crippen LogP contribution in [0.15, 0.2) is 22.7 Å². The van der Waals surface area contributed by atoms with Crippen molar-refractivity contribution in [3.63, 3.8) is 0 Å². The molecule has 1 aromatic rings. The lowest BCUT2D eigenvalue weighted by Gasteiger charge is -2.32. The van der Waals surface area contributed by atoms with Gasteiger partial charge in [0.1, 0.15) is 0 Å². The molecule has 0 aliphatic carbocycles. The minimum atomic E-state index is -0.715.